The average molecular weight is 322 g/mol. The van der Waals surface area contributed by atoms with Crippen LogP contribution in [0.4, 0.5) is 5.82 Å². The molecule has 0 unspecified atom stereocenters. The topological polar surface area (TPSA) is 36.4 Å². The van der Waals surface area contributed by atoms with Crippen LogP contribution in [-0.2, 0) is 0 Å². The third-order valence-corrected chi connectivity index (χ3v) is 3.17. The fraction of sp³-hybridized carbons (Fsp3) is 0.444. The molecule has 0 saturated carbocycles. The Morgan fingerprint density at radius 3 is 2.64 bits per heavy atom. The SMILES string of the molecule is CC1(O)CN(c2ncc(Br)cc2Br)C1. The molecule has 0 aliphatic carbocycles. The summed E-state index contributed by atoms with van der Waals surface area (Å²) in [6.45, 7) is 3.11. The summed E-state index contributed by atoms with van der Waals surface area (Å²) < 4.78 is 1.89. The Hall–Kier alpha value is -0.130. The van der Waals surface area contributed by atoms with Gasteiger partial charge in [0.2, 0.25) is 0 Å². The number of anilines is 1. The zero-order valence-corrected chi connectivity index (χ0v) is 10.8. The smallest absolute Gasteiger partial charge is 0.143 e. The van der Waals surface area contributed by atoms with Gasteiger partial charge >= 0.3 is 0 Å². The number of pyridine rings is 1. The summed E-state index contributed by atoms with van der Waals surface area (Å²) in [7, 11) is 0. The third-order valence-electron chi connectivity index (χ3n) is 2.15. The molecule has 0 amide bonds. The average Bonchev–Trinajstić information content (AvgIpc) is 2.00. The van der Waals surface area contributed by atoms with E-state index in [1.54, 1.807) is 6.20 Å². The third kappa shape index (κ3) is 1.94. The first kappa shape index (κ1) is 10.4. The highest BCUT2D eigenvalue weighted by atomic mass is 79.9. The molecule has 1 aromatic heterocycles. The summed E-state index contributed by atoms with van der Waals surface area (Å²) >= 11 is 6.79. The first-order valence-corrected chi connectivity index (χ1v) is 5.85. The van der Waals surface area contributed by atoms with Crippen LogP contribution in [0.15, 0.2) is 21.2 Å². The Balaban J connectivity index is 2.19. The van der Waals surface area contributed by atoms with Crippen molar-refractivity contribution in [1.82, 2.24) is 4.98 Å². The van der Waals surface area contributed by atoms with Crippen molar-refractivity contribution < 1.29 is 5.11 Å². The van der Waals surface area contributed by atoms with Crippen LogP contribution in [0.3, 0.4) is 0 Å². The molecule has 1 N–H and O–H groups in total. The Bertz CT molecular complexity index is 360. The van der Waals surface area contributed by atoms with Crippen LogP contribution in [0, 0.1) is 0 Å². The molecule has 0 bridgehead atoms. The zero-order valence-electron chi connectivity index (χ0n) is 7.67. The second-order valence-corrected chi connectivity index (χ2v) is 5.58. The van der Waals surface area contributed by atoms with Gasteiger partial charge in [-0.05, 0) is 44.8 Å². The lowest BCUT2D eigenvalue weighted by atomic mass is 9.97. The molecule has 2 rings (SSSR count). The van der Waals surface area contributed by atoms with Crippen LogP contribution in [0.2, 0.25) is 0 Å². The second kappa shape index (κ2) is 3.47. The predicted octanol–water partition coefficient (Wildman–Crippen LogP) is 2.18. The van der Waals surface area contributed by atoms with Crippen molar-refractivity contribution in [3.63, 3.8) is 0 Å². The maximum absolute atomic E-state index is 9.60. The standard InChI is InChI=1S/C9H10Br2N2O/c1-9(14)4-13(5-9)8-7(11)2-6(10)3-12-8/h2-3,14H,4-5H2,1H3. The Morgan fingerprint density at radius 2 is 2.14 bits per heavy atom. The van der Waals surface area contributed by atoms with E-state index in [0.717, 1.165) is 14.8 Å². The Morgan fingerprint density at radius 1 is 1.50 bits per heavy atom. The molecule has 1 aromatic rings. The van der Waals surface area contributed by atoms with E-state index in [0.29, 0.717) is 13.1 Å². The van der Waals surface area contributed by atoms with E-state index in [9.17, 15) is 5.11 Å². The van der Waals surface area contributed by atoms with Gasteiger partial charge in [-0.1, -0.05) is 0 Å². The fourth-order valence-corrected chi connectivity index (χ4v) is 2.80. The minimum absolute atomic E-state index is 0.561. The predicted molar refractivity (Wildman–Crippen MR) is 62.5 cm³/mol. The lowest BCUT2D eigenvalue weighted by Crippen LogP contribution is -2.60. The van der Waals surface area contributed by atoms with Gasteiger partial charge in [-0.25, -0.2) is 4.98 Å². The van der Waals surface area contributed by atoms with E-state index in [-0.39, 0.29) is 0 Å². The van der Waals surface area contributed by atoms with E-state index >= 15 is 0 Å². The summed E-state index contributed by atoms with van der Waals surface area (Å²) in [6.07, 6.45) is 1.76. The molecule has 0 spiro atoms. The second-order valence-electron chi connectivity index (χ2n) is 3.81. The molecule has 1 fully saturated rings. The molecule has 0 radical (unpaired) electrons. The van der Waals surface area contributed by atoms with Crippen molar-refractivity contribution >= 4 is 37.7 Å². The molecule has 5 heteroatoms. The van der Waals surface area contributed by atoms with Gasteiger partial charge < -0.3 is 10.0 Å². The van der Waals surface area contributed by atoms with Crippen LogP contribution in [-0.4, -0.2) is 28.8 Å². The van der Waals surface area contributed by atoms with Gasteiger partial charge in [0.15, 0.2) is 0 Å². The lowest BCUT2D eigenvalue weighted by Gasteiger charge is -2.45. The zero-order chi connectivity index (χ0) is 10.3. The first-order chi connectivity index (χ1) is 6.48. The summed E-state index contributed by atoms with van der Waals surface area (Å²) in [6, 6.07) is 1.95. The number of nitrogens with zero attached hydrogens (tertiary/aromatic N) is 2. The number of rotatable bonds is 1. The van der Waals surface area contributed by atoms with Crippen molar-refractivity contribution in [3.8, 4) is 0 Å². The van der Waals surface area contributed by atoms with Crippen molar-refractivity contribution in [2.75, 3.05) is 18.0 Å². The fourth-order valence-electron chi connectivity index (χ4n) is 1.57. The highest BCUT2D eigenvalue weighted by Crippen LogP contribution is 2.32. The van der Waals surface area contributed by atoms with E-state index < -0.39 is 5.60 Å². The molecule has 2 heterocycles. The molecule has 76 valence electrons. The maximum atomic E-state index is 9.60. The van der Waals surface area contributed by atoms with Crippen LogP contribution in [0.25, 0.3) is 0 Å². The van der Waals surface area contributed by atoms with Crippen molar-refractivity contribution in [3.05, 3.63) is 21.2 Å². The number of aliphatic hydroxyl groups is 1. The molecule has 3 nitrogen and oxygen atoms in total. The van der Waals surface area contributed by atoms with Gasteiger partial charge in [-0.3, -0.25) is 0 Å². The van der Waals surface area contributed by atoms with Crippen LogP contribution >= 0.6 is 31.9 Å². The van der Waals surface area contributed by atoms with E-state index in [2.05, 4.69) is 36.8 Å². The molecule has 1 aliphatic rings. The number of hydrogen-bond acceptors (Lipinski definition) is 3. The number of hydrogen-bond donors (Lipinski definition) is 1. The van der Waals surface area contributed by atoms with Crippen molar-refractivity contribution in [1.29, 1.82) is 0 Å². The molecule has 1 aliphatic heterocycles. The number of aromatic nitrogens is 1. The lowest BCUT2D eigenvalue weighted by molar-refractivity contribution is 0.0304. The van der Waals surface area contributed by atoms with E-state index in [4.69, 9.17) is 0 Å². The highest BCUT2D eigenvalue weighted by molar-refractivity contribution is 9.11. The van der Waals surface area contributed by atoms with Crippen LogP contribution in [0.1, 0.15) is 6.92 Å². The van der Waals surface area contributed by atoms with Gasteiger partial charge in [0.25, 0.3) is 0 Å². The molecule has 14 heavy (non-hydrogen) atoms. The summed E-state index contributed by atoms with van der Waals surface area (Å²) in [5.41, 5.74) is -0.561. The summed E-state index contributed by atoms with van der Waals surface area (Å²) in [4.78, 5) is 6.32. The largest absolute Gasteiger partial charge is 0.386 e. The van der Waals surface area contributed by atoms with Gasteiger partial charge in [0, 0.05) is 23.8 Å². The van der Waals surface area contributed by atoms with E-state index in [1.807, 2.05) is 17.9 Å². The van der Waals surface area contributed by atoms with Crippen molar-refractivity contribution in [2.24, 2.45) is 0 Å². The Labute approximate surface area is 99.4 Å². The van der Waals surface area contributed by atoms with Gasteiger partial charge in [0.1, 0.15) is 5.82 Å². The quantitative estimate of drug-likeness (QED) is 0.861. The highest BCUT2D eigenvalue weighted by Gasteiger charge is 2.37. The van der Waals surface area contributed by atoms with Gasteiger partial charge in [0.05, 0.1) is 10.1 Å². The van der Waals surface area contributed by atoms with Gasteiger partial charge in [-0.2, -0.15) is 0 Å². The minimum atomic E-state index is -0.561. The Kier molecular flexibility index (Phi) is 2.57. The molecule has 0 aromatic carbocycles. The number of halogens is 2. The van der Waals surface area contributed by atoms with Crippen LogP contribution in [0.5, 0.6) is 0 Å². The van der Waals surface area contributed by atoms with Crippen LogP contribution < -0.4 is 4.90 Å². The first-order valence-electron chi connectivity index (χ1n) is 4.26. The molecular weight excluding hydrogens is 312 g/mol. The summed E-state index contributed by atoms with van der Waals surface area (Å²) in [5, 5.41) is 9.60. The van der Waals surface area contributed by atoms with Gasteiger partial charge in [-0.15, -0.1) is 0 Å². The molecule has 0 atom stereocenters. The minimum Gasteiger partial charge on any atom is -0.386 e. The van der Waals surface area contributed by atoms with Crippen molar-refractivity contribution in [2.45, 2.75) is 12.5 Å². The summed E-state index contributed by atoms with van der Waals surface area (Å²) in [5.74, 6) is 0.889. The maximum Gasteiger partial charge on any atom is 0.143 e. The number of β-amino-alcohol motifs (C(OH)–C–C–N with tert-alkyl or cyclic N) is 1. The molecular formula is C9H10Br2N2O. The normalized spacial score (nSPS) is 19.3. The monoisotopic (exact) mass is 320 g/mol. The van der Waals surface area contributed by atoms with E-state index in [1.165, 1.54) is 0 Å². The molecule has 1 saturated heterocycles.